The predicted molar refractivity (Wildman–Crippen MR) is 80.7 cm³/mol. The zero-order chi connectivity index (χ0) is 14.3. The van der Waals surface area contributed by atoms with E-state index in [1.54, 1.807) is 10.6 Å². The SMILES string of the molecule is CC(C)c1cc(N[C@H]2CC[C@H](N)C2)n2nc(N)cc2n1. The van der Waals surface area contributed by atoms with Gasteiger partial charge in [-0.05, 0) is 25.2 Å². The second-order valence-corrected chi connectivity index (χ2v) is 5.97. The maximum absolute atomic E-state index is 5.98. The zero-order valence-corrected chi connectivity index (χ0v) is 12.0. The van der Waals surface area contributed by atoms with Gasteiger partial charge in [0.1, 0.15) is 11.6 Å². The lowest BCUT2D eigenvalue weighted by Gasteiger charge is -2.16. The van der Waals surface area contributed by atoms with Crippen molar-refractivity contribution in [2.24, 2.45) is 5.73 Å². The summed E-state index contributed by atoms with van der Waals surface area (Å²) in [6.45, 7) is 4.27. The summed E-state index contributed by atoms with van der Waals surface area (Å²) in [7, 11) is 0. The molecule has 6 heteroatoms. The molecule has 0 bridgehead atoms. The van der Waals surface area contributed by atoms with Crippen LogP contribution in [0.3, 0.4) is 0 Å². The third-order valence-corrected chi connectivity index (χ3v) is 3.88. The van der Waals surface area contributed by atoms with Gasteiger partial charge in [-0.3, -0.25) is 0 Å². The number of nitrogens with two attached hydrogens (primary N) is 2. The van der Waals surface area contributed by atoms with Gasteiger partial charge < -0.3 is 16.8 Å². The van der Waals surface area contributed by atoms with Crippen LogP contribution >= 0.6 is 0 Å². The van der Waals surface area contributed by atoms with Crippen molar-refractivity contribution in [2.75, 3.05) is 11.1 Å². The first kappa shape index (κ1) is 13.2. The Balaban J connectivity index is 1.98. The summed E-state index contributed by atoms with van der Waals surface area (Å²) in [6.07, 6.45) is 3.17. The Labute approximate surface area is 118 Å². The highest BCUT2D eigenvalue weighted by atomic mass is 15.3. The molecular weight excluding hydrogens is 252 g/mol. The van der Waals surface area contributed by atoms with Gasteiger partial charge in [-0.25, -0.2) is 4.98 Å². The maximum atomic E-state index is 5.98. The number of nitrogens with zero attached hydrogens (tertiary/aromatic N) is 3. The van der Waals surface area contributed by atoms with Crippen molar-refractivity contribution in [3.05, 3.63) is 17.8 Å². The molecule has 2 atom stereocenters. The van der Waals surface area contributed by atoms with Gasteiger partial charge in [0, 0.05) is 29.9 Å². The Morgan fingerprint density at radius 3 is 2.80 bits per heavy atom. The van der Waals surface area contributed by atoms with E-state index in [2.05, 4.69) is 35.3 Å². The average molecular weight is 274 g/mol. The Morgan fingerprint density at radius 1 is 1.35 bits per heavy atom. The van der Waals surface area contributed by atoms with Crippen molar-refractivity contribution in [3.8, 4) is 0 Å². The second-order valence-electron chi connectivity index (χ2n) is 5.97. The van der Waals surface area contributed by atoms with Crippen LogP contribution in [-0.4, -0.2) is 26.7 Å². The van der Waals surface area contributed by atoms with E-state index in [1.807, 2.05) is 0 Å². The normalized spacial score (nSPS) is 22.8. The number of nitrogen functional groups attached to an aromatic ring is 1. The Morgan fingerprint density at radius 2 is 2.15 bits per heavy atom. The van der Waals surface area contributed by atoms with Crippen molar-refractivity contribution < 1.29 is 0 Å². The van der Waals surface area contributed by atoms with E-state index < -0.39 is 0 Å². The summed E-state index contributed by atoms with van der Waals surface area (Å²) in [5.74, 6) is 1.81. The molecule has 1 fully saturated rings. The quantitative estimate of drug-likeness (QED) is 0.792. The molecule has 5 N–H and O–H groups in total. The Bertz CT molecular complexity index is 617. The van der Waals surface area contributed by atoms with E-state index in [0.717, 1.165) is 36.4 Å². The average Bonchev–Trinajstić information content (AvgIpc) is 2.94. The molecule has 0 unspecified atom stereocenters. The maximum Gasteiger partial charge on any atom is 0.159 e. The van der Waals surface area contributed by atoms with E-state index in [9.17, 15) is 0 Å². The number of rotatable bonds is 3. The fourth-order valence-corrected chi connectivity index (χ4v) is 2.77. The second kappa shape index (κ2) is 4.94. The van der Waals surface area contributed by atoms with Crippen LogP contribution < -0.4 is 16.8 Å². The number of aromatic nitrogens is 3. The largest absolute Gasteiger partial charge is 0.382 e. The molecule has 2 aromatic rings. The van der Waals surface area contributed by atoms with Crippen molar-refractivity contribution in [3.63, 3.8) is 0 Å². The number of hydrogen-bond donors (Lipinski definition) is 3. The molecule has 1 aliphatic carbocycles. The van der Waals surface area contributed by atoms with Crippen LogP contribution in [0.4, 0.5) is 11.6 Å². The van der Waals surface area contributed by atoms with Crippen LogP contribution in [0.2, 0.25) is 0 Å². The van der Waals surface area contributed by atoms with E-state index in [0.29, 0.717) is 23.8 Å². The summed E-state index contributed by atoms with van der Waals surface area (Å²) in [5, 5.41) is 7.86. The minimum atomic E-state index is 0.303. The first-order chi connectivity index (χ1) is 9.52. The van der Waals surface area contributed by atoms with Crippen LogP contribution in [0.5, 0.6) is 0 Å². The fourth-order valence-electron chi connectivity index (χ4n) is 2.77. The van der Waals surface area contributed by atoms with Crippen molar-refractivity contribution in [1.82, 2.24) is 14.6 Å². The predicted octanol–water partition coefficient (Wildman–Crippen LogP) is 1.73. The topological polar surface area (TPSA) is 94.3 Å². The van der Waals surface area contributed by atoms with Gasteiger partial charge in [-0.15, -0.1) is 5.10 Å². The highest BCUT2D eigenvalue weighted by Gasteiger charge is 2.22. The highest BCUT2D eigenvalue weighted by molar-refractivity contribution is 5.55. The van der Waals surface area contributed by atoms with Crippen LogP contribution in [0.25, 0.3) is 5.65 Å². The molecule has 3 rings (SSSR count). The number of anilines is 2. The summed E-state index contributed by atoms with van der Waals surface area (Å²) in [5.41, 5.74) is 13.6. The van der Waals surface area contributed by atoms with Crippen molar-refractivity contribution in [2.45, 2.75) is 51.1 Å². The van der Waals surface area contributed by atoms with Crippen molar-refractivity contribution >= 4 is 17.3 Å². The number of hydrogen-bond acceptors (Lipinski definition) is 5. The molecule has 1 aliphatic rings. The summed E-state index contributed by atoms with van der Waals surface area (Å²) >= 11 is 0. The molecule has 108 valence electrons. The summed E-state index contributed by atoms with van der Waals surface area (Å²) in [4.78, 5) is 4.60. The molecule has 0 spiro atoms. The molecule has 0 aliphatic heterocycles. The highest BCUT2D eigenvalue weighted by Crippen LogP contribution is 2.25. The Hall–Kier alpha value is -1.82. The monoisotopic (exact) mass is 274 g/mol. The molecule has 2 heterocycles. The summed E-state index contributed by atoms with van der Waals surface area (Å²) < 4.78 is 1.78. The van der Waals surface area contributed by atoms with E-state index in [1.165, 1.54) is 0 Å². The third kappa shape index (κ3) is 2.43. The lowest BCUT2D eigenvalue weighted by molar-refractivity contribution is 0.683. The van der Waals surface area contributed by atoms with Crippen LogP contribution in [0, 0.1) is 0 Å². The van der Waals surface area contributed by atoms with E-state index in [4.69, 9.17) is 11.5 Å². The van der Waals surface area contributed by atoms with Crippen LogP contribution in [-0.2, 0) is 0 Å². The number of fused-ring (bicyclic) bond motifs is 1. The minimum absolute atomic E-state index is 0.303. The van der Waals surface area contributed by atoms with E-state index >= 15 is 0 Å². The molecule has 1 saturated carbocycles. The molecule has 6 nitrogen and oxygen atoms in total. The van der Waals surface area contributed by atoms with Gasteiger partial charge in [0.05, 0.1) is 0 Å². The van der Waals surface area contributed by atoms with Gasteiger partial charge in [0.2, 0.25) is 0 Å². The molecule has 0 amide bonds. The van der Waals surface area contributed by atoms with Crippen LogP contribution in [0.15, 0.2) is 12.1 Å². The molecular formula is C14H22N6. The lowest BCUT2D eigenvalue weighted by Crippen LogP contribution is -2.22. The smallest absolute Gasteiger partial charge is 0.159 e. The van der Waals surface area contributed by atoms with Gasteiger partial charge in [-0.2, -0.15) is 4.52 Å². The van der Waals surface area contributed by atoms with Gasteiger partial charge in [0.15, 0.2) is 5.65 Å². The van der Waals surface area contributed by atoms with Gasteiger partial charge in [-0.1, -0.05) is 13.8 Å². The minimum Gasteiger partial charge on any atom is -0.382 e. The lowest BCUT2D eigenvalue weighted by atomic mass is 10.1. The Kier molecular flexibility index (Phi) is 3.25. The third-order valence-electron chi connectivity index (χ3n) is 3.88. The molecule has 0 aromatic carbocycles. The number of nitrogens with one attached hydrogen (secondary N) is 1. The standard InChI is InChI=1S/C14H22N6/c1-8(2)11-6-13(17-10-4-3-9(15)5-10)20-14(18-11)7-12(16)19-20/h6-10,17H,3-5,15H2,1-2H3,(H2,16,19)/t9-,10-/m0/s1. The summed E-state index contributed by atoms with van der Waals surface area (Å²) in [6, 6.07) is 4.57. The van der Waals surface area contributed by atoms with Crippen LogP contribution in [0.1, 0.15) is 44.7 Å². The van der Waals surface area contributed by atoms with Crippen molar-refractivity contribution in [1.29, 1.82) is 0 Å². The van der Waals surface area contributed by atoms with Gasteiger partial charge in [0.25, 0.3) is 0 Å². The first-order valence-electron chi connectivity index (χ1n) is 7.21. The molecule has 2 aromatic heterocycles. The molecule has 0 radical (unpaired) electrons. The molecule has 0 saturated heterocycles. The van der Waals surface area contributed by atoms with Gasteiger partial charge >= 0.3 is 0 Å². The van der Waals surface area contributed by atoms with E-state index in [-0.39, 0.29) is 0 Å². The fraction of sp³-hybridized carbons (Fsp3) is 0.571. The molecule has 20 heavy (non-hydrogen) atoms. The first-order valence-corrected chi connectivity index (χ1v) is 7.21. The zero-order valence-electron chi connectivity index (χ0n) is 12.0.